The molecule has 0 aromatic heterocycles. The number of aryl methyl sites for hydroxylation is 1. The number of carbonyl (C=O) groups excluding carboxylic acids is 1. The maximum absolute atomic E-state index is 11.8. The summed E-state index contributed by atoms with van der Waals surface area (Å²) >= 11 is 0. The predicted octanol–water partition coefficient (Wildman–Crippen LogP) is 1.17. The van der Waals surface area contributed by atoms with Crippen LogP contribution in [0.15, 0.2) is 18.2 Å². The number of carbonyl (C=O) groups is 1. The molecule has 0 radical (unpaired) electrons. The molecule has 1 aromatic carbocycles. The van der Waals surface area contributed by atoms with Crippen LogP contribution in [0.2, 0.25) is 0 Å². The number of aromatic hydroxyl groups is 1. The number of hydrogen-bond donors (Lipinski definition) is 3. The molecule has 0 unspecified atom stereocenters. The second-order valence-corrected chi connectivity index (χ2v) is 4.89. The summed E-state index contributed by atoms with van der Waals surface area (Å²) in [6, 6.07) is 4.94. The molecule has 1 saturated carbocycles. The van der Waals surface area contributed by atoms with Gasteiger partial charge < -0.3 is 16.2 Å². The molecule has 0 bridgehead atoms. The van der Waals surface area contributed by atoms with E-state index in [-0.39, 0.29) is 17.1 Å². The smallest absolute Gasteiger partial charge is 0.251 e. The van der Waals surface area contributed by atoms with Crippen molar-refractivity contribution in [2.45, 2.75) is 19.8 Å². The van der Waals surface area contributed by atoms with Crippen molar-refractivity contribution in [2.75, 3.05) is 13.1 Å². The van der Waals surface area contributed by atoms with E-state index < -0.39 is 0 Å². The lowest BCUT2D eigenvalue weighted by molar-refractivity contribution is 0.0945. The summed E-state index contributed by atoms with van der Waals surface area (Å²) in [5.74, 6) is -0.00219. The average molecular weight is 234 g/mol. The Balaban J connectivity index is 1.97. The first-order valence-electron chi connectivity index (χ1n) is 5.84. The van der Waals surface area contributed by atoms with Crippen molar-refractivity contribution < 1.29 is 9.90 Å². The van der Waals surface area contributed by atoms with E-state index in [4.69, 9.17) is 5.73 Å². The monoisotopic (exact) mass is 234 g/mol. The number of phenols is 1. The van der Waals surface area contributed by atoms with Gasteiger partial charge in [-0.2, -0.15) is 0 Å². The van der Waals surface area contributed by atoms with Gasteiger partial charge in [0.05, 0.1) is 0 Å². The van der Waals surface area contributed by atoms with Crippen LogP contribution in [0.3, 0.4) is 0 Å². The van der Waals surface area contributed by atoms with Gasteiger partial charge in [0.25, 0.3) is 5.91 Å². The molecule has 1 aliphatic carbocycles. The van der Waals surface area contributed by atoms with Gasteiger partial charge >= 0.3 is 0 Å². The SMILES string of the molecule is Cc1ccc(C(=O)NCC2(CN)CC2)cc1O. The molecule has 0 aliphatic heterocycles. The third-order valence-electron chi connectivity index (χ3n) is 3.49. The number of nitrogens with two attached hydrogens (primary N) is 1. The summed E-state index contributed by atoms with van der Waals surface area (Å²) in [5.41, 5.74) is 7.03. The van der Waals surface area contributed by atoms with Gasteiger partial charge in [-0.05, 0) is 44.0 Å². The van der Waals surface area contributed by atoms with E-state index in [0.29, 0.717) is 18.7 Å². The van der Waals surface area contributed by atoms with E-state index in [1.807, 2.05) is 0 Å². The van der Waals surface area contributed by atoms with Crippen LogP contribution in [0.4, 0.5) is 0 Å². The highest BCUT2D eigenvalue weighted by Crippen LogP contribution is 2.43. The summed E-state index contributed by atoms with van der Waals surface area (Å²) in [6.07, 6.45) is 2.17. The maximum atomic E-state index is 11.8. The first kappa shape index (κ1) is 11.9. The van der Waals surface area contributed by atoms with Crippen LogP contribution in [-0.4, -0.2) is 24.1 Å². The summed E-state index contributed by atoms with van der Waals surface area (Å²) in [6.45, 7) is 3.04. The third-order valence-corrected chi connectivity index (χ3v) is 3.49. The van der Waals surface area contributed by atoms with Crippen molar-refractivity contribution in [1.82, 2.24) is 5.32 Å². The van der Waals surface area contributed by atoms with E-state index in [9.17, 15) is 9.90 Å². The third kappa shape index (κ3) is 2.58. The Hall–Kier alpha value is -1.55. The number of amides is 1. The number of phenolic OH excluding ortho intramolecular Hbond substituents is 1. The molecular weight excluding hydrogens is 216 g/mol. The van der Waals surface area contributed by atoms with Gasteiger partial charge in [-0.15, -0.1) is 0 Å². The van der Waals surface area contributed by atoms with Crippen LogP contribution in [0.1, 0.15) is 28.8 Å². The summed E-state index contributed by atoms with van der Waals surface area (Å²) in [5, 5.41) is 12.4. The van der Waals surface area contributed by atoms with Gasteiger partial charge in [0, 0.05) is 17.5 Å². The number of nitrogens with one attached hydrogen (secondary N) is 1. The van der Waals surface area contributed by atoms with Crippen molar-refractivity contribution >= 4 is 5.91 Å². The highest BCUT2D eigenvalue weighted by molar-refractivity contribution is 5.94. The predicted molar refractivity (Wildman–Crippen MR) is 65.9 cm³/mol. The molecule has 1 aliphatic rings. The fourth-order valence-corrected chi connectivity index (χ4v) is 1.75. The van der Waals surface area contributed by atoms with Crippen molar-refractivity contribution in [3.8, 4) is 5.75 Å². The van der Waals surface area contributed by atoms with Gasteiger partial charge in [0.1, 0.15) is 5.75 Å². The lowest BCUT2D eigenvalue weighted by Crippen LogP contribution is -2.33. The molecule has 4 nitrogen and oxygen atoms in total. The van der Waals surface area contributed by atoms with Gasteiger partial charge in [-0.25, -0.2) is 0 Å². The number of rotatable bonds is 4. The highest BCUT2D eigenvalue weighted by Gasteiger charge is 2.41. The molecule has 1 amide bonds. The molecule has 92 valence electrons. The zero-order chi connectivity index (χ0) is 12.5. The molecule has 17 heavy (non-hydrogen) atoms. The Bertz CT molecular complexity index is 439. The molecule has 1 fully saturated rings. The Labute approximate surface area is 101 Å². The Morgan fingerprint density at radius 1 is 1.53 bits per heavy atom. The van der Waals surface area contributed by atoms with Crippen LogP contribution in [0, 0.1) is 12.3 Å². The first-order chi connectivity index (χ1) is 8.06. The summed E-state index contributed by atoms with van der Waals surface area (Å²) < 4.78 is 0. The van der Waals surface area contributed by atoms with Crippen LogP contribution in [-0.2, 0) is 0 Å². The van der Waals surface area contributed by atoms with E-state index in [2.05, 4.69) is 5.32 Å². The van der Waals surface area contributed by atoms with Gasteiger partial charge in [-0.3, -0.25) is 4.79 Å². The Kier molecular flexibility index (Phi) is 3.07. The number of hydrogen-bond acceptors (Lipinski definition) is 3. The quantitative estimate of drug-likeness (QED) is 0.732. The lowest BCUT2D eigenvalue weighted by Gasteiger charge is -2.13. The fraction of sp³-hybridized carbons (Fsp3) is 0.462. The molecule has 0 saturated heterocycles. The molecule has 1 aromatic rings. The second kappa shape index (κ2) is 4.37. The van der Waals surface area contributed by atoms with E-state index in [0.717, 1.165) is 18.4 Å². The molecule has 0 spiro atoms. The number of benzene rings is 1. The zero-order valence-corrected chi connectivity index (χ0v) is 9.99. The largest absolute Gasteiger partial charge is 0.508 e. The van der Waals surface area contributed by atoms with Crippen molar-refractivity contribution in [3.05, 3.63) is 29.3 Å². The Morgan fingerprint density at radius 2 is 2.24 bits per heavy atom. The first-order valence-corrected chi connectivity index (χ1v) is 5.84. The molecular formula is C13H18N2O2. The van der Waals surface area contributed by atoms with Gasteiger partial charge in [-0.1, -0.05) is 6.07 Å². The van der Waals surface area contributed by atoms with Gasteiger partial charge in [0.15, 0.2) is 0 Å². The molecule has 0 atom stereocenters. The molecule has 0 heterocycles. The van der Waals surface area contributed by atoms with Crippen molar-refractivity contribution in [3.63, 3.8) is 0 Å². The highest BCUT2D eigenvalue weighted by atomic mass is 16.3. The molecule has 4 heteroatoms. The van der Waals surface area contributed by atoms with Crippen LogP contribution >= 0.6 is 0 Å². The minimum Gasteiger partial charge on any atom is -0.508 e. The summed E-state index contributed by atoms with van der Waals surface area (Å²) in [7, 11) is 0. The zero-order valence-electron chi connectivity index (χ0n) is 9.99. The standard InChI is InChI=1S/C13H18N2O2/c1-9-2-3-10(6-11(9)16)12(17)15-8-13(7-14)4-5-13/h2-3,6,16H,4-5,7-8,14H2,1H3,(H,15,17). The van der Waals surface area contributed by atoms with Crippen LogP contribution < -0.4 is 11.1 Å². The Morgan fingerprint density at radius 3 is 2.76 bits per heavy atom. The molecule has 2 rings (SSSR count). The molecule has 4 N–H and O–H groups in total. The van der Waals surface area contributed by atoms with Crippen LogP contribution in [0.25, 0.3) is 0 Å². The van der Waals surface area contributed by atoms with Crippen LogP contribution in [0.5, 0.6) is 5.75 Å². The average Bonchev–Trinajstić information content (AvgIpc) is 3.10. The topological polar surface area (TPSA) is 75.4 Å². The minimum atomic E-state index is -0.153. The van der Waals surface area contributed by atoms with Crippen molar-refractivity contribution in [2.24, 2.45) is 11.1 Å². The van der Waals surface area contributed by atoms with E-state index in [1.165, 1.54) is 6.07 Å². The normalized spacial score (nSPS) is 16.6. The second-order valence-electron chi connectivity index (χ2n) is 4.89. The van der Waals surface area contributed by atoms with Crippen molar-refractivity contribution in [1.29, 1.82) is 0 Å². The minimum absolute atomic E-state index is 0.127. The fourth-order valence-electron chi connectivity index (χ4n) is 1.75. The lowest BCUT2D eigenvalue weighted by atomic mass is 10.1. The van der Waals surface area contributed by atoms with E-state index in [1.54, 1.807) is 19.1 Å². The van der Waals surface area contributed by atoms with Gasteiger partial charge in [0.2, 0.25) is 0 Å². The summed E-state index contributed by atoms with van der Waals surface area (Å²) in [4.78, 5) is 11.8. The van der Waals surface area contributed by atoms with E-state index >= 15 is 0 Å². The maximum Gasteiger partial charge on any atom is 0.251 e.